The van der Waals surface area contributed by atoms with E-state index in [2.05, 4.69) is 46.7 Å². The lowest BCUT2D eigenvalue weighted by molar-refractivity contribution is 0.0780. The van der Waals surface area contributed by atoms with Crippen molar-refractivity contribution in [2.75, 3.05) is 25.6 Å². The van der Waals surface area contributed by atoms with E-state index in [1.54, 1.807) is 0 Å². The van der Waals surface area contributed by atoms with E-state index in [0.717, 1.165) is 47.0 Å². The minimum Gasteiger partial charge on any atom is -0.381 e. The van der Waals surface area contributed by atoms with Crippen molar-refractivity contribution < 1.29 is 4.74 Å². The van der Waals surface area contributed by atoms with E-state index in [1.807, 2.05) is 7.05 Å². The molecule has 1 atom stereocenters. The molecule has 0 aliphatic carbocycles. The van der Waals surface area contributed by atoms with Gasteiger partial charge in [-0.25, -0.2) is 9.97 Å². The average molecular weight is 361 g/mol. The fourth-order valence-corrected chi connectivity index (χ4v) is 3.29. The number of hydrogen-bond donors (Lipinski definition) is 1. The van der Waals surface area contributed by atoms with Crippen LogP contribution in [0.2, 0.25) is 0 Å². The van der Waals surface area contributed by atoms with E-state index >= 15 is 0 Å². The number of ether oxygens (including phenoxy) is 1. The molecule has 1 aliphatic rings. The van der Waals surface area contributed by atoms with Crippen LogP contribution >= 0.6 is 22.6 Å². The second-order valence-corrected chi connectivity index (χ2v) is 6.03. The molecule has 4 nitrogen and oxygen atoms in total. The van der Waals surface area contributed by atoms with Crippen LogP contribution in [0.4, 0.5) is 5.82 Å². The zero-order chi connectivity index (χ0) is 13.1. The molecule has 1 N–H and O–H groups in total. The highest BCUT2D eigenvalue weighted by Crippen LogP contribution is 2.29. The number of aromatic nitrogens is 2. The van der Waals surface area contributed by atoms with Gasteiger partial charge in [-0.2, -0.15) is 0 Å². The first-order valence-corrected chi connectivity index (χ1v) is 7.54. The number of anilines is 1. The van der Waals surface area contributed by atoms with Crippen LogP contribution in [-0.4, -0.2) is 30.2 Å². The van der Waals surface area contributed by atoms with Crippen LogP contribution in [0.5, 0.6) is 0 Å². The van der Waals surface area contributed by atoms with Crippen LogP contribution in [0.1, 0.15) is 50.0 Å². The number of hydrogen-bond acceptors (Lipinski definition) is 4. The topological polar surface area (TPSA) is 47.0 Å². The monoisotopic (exact) mass is 361 g/mol. The molecule has 0 bridgehead atoms. The van der Waals surface area contributed by atoms with Gasteiger partial charge in [0.25, 0.3) is 0 Å². The van der Waals surface area contributed by atoms with Gasteiger partial charge in [0.05, 0.1) is 15.9 Å². The molecular formula is C13H20IN3O. The molecule has 18 heavy (non-hydrogen) atoms. The van der Waals surface area contributed by atoms with E-state index in [1.165, 1.54) is 0 Å². The minimum absolute atomic E-state index is 0.348. The average Bonchev–Trinajstić information content (AvgIpc) is 2.39. The highest BCUT2D eigenvalue weighted by molar-refractivity contribution is 14.1. The van der Waals surface area contributed by atoms with E-state index in [0.29, 0.717) is 11.8 Å². The van der Waals surface area contributed by atoms with Gasteiger partial charge in [0.15, 0.2) is 0 Å². The molecule has 1 fully saturated rings. The Balaban J connectivity index is 2.37. The Morgan fingerprint density at radius 3 is 2.72 bits per heavy atom. The molecule has 1 saturated heterocycles. The van der Waals surface area contributed by atoms with Crippen molar-refractivity contribution >= 4 is 28.4 Å². The lowest BCUT2D eigenvalue weighted by Gasteiger charge is -2.22. The second kappa shape index (κ2) is 6.14. The van der Waals surface area contributed by atoms with Crippen molar-refractivity contribution in [2.45, 2.75) is 38.5 Å². The molecule has 2 heterocycles. The maximum atomic E-state index is 5.54. The summed E-state index contributed by atoms with van der Waals surface area (Å²) in [5.74, 6) is 2.63. The van der Waals surface area contributed by atoms with Gasteiger partial charge in [-0.05, 0) is 41.4 Å². The first-order chi connectivity index (χ1) is 8.63. The van der Waals surface area contributed by atoms with Crippen LogP contribution in [-0.2, 0) is 4.74 Å². The summed E-state index contributed by atoms with van der Waals surface area (Å²) in [6.07, 6.45) is 2.23. The Bertz CT molecular complexity index is 417. The van der Waals surface area contributed by atoms with Crippen molar-refractivity contribution in [1.29, 1.82) is 0 Å². The maximum absolute atomic E-state index is 5.54. The van der Waals surface area contributed by atoms with E-state index < -0.39 is 0 Å². The van der Waals surface area contributed by atoms with E-state index in [4.69, 9.17) is 9.72 Å². The van der Waals surface area contributed by atoms with Crippen molar-refractivity contribution in [2.24, 2.45) is 0 Å². The molecule has 0 spiro atoms. The van der Waals surface area contributed by atoms with E-state index in [9.17, 15) is 0 Å². The molecule has 0 radical (unpaired) electrons. The Hall–Kier alpha value is -0.430. The summed E-state index contributed by atoms with van der Waals surface area (Å²) < 4.78 is 6.67. The smallest absolute Gasteiger partial charge is 0.143 e. The largest absolute Gasteiger partial charge is 0.381 e. The fourth-order valence-electron chi connectivity index (χ4n) is 2.16. The van der Waals surface area contributed by atoms with Crippen molar-refractivity contribution in [3.05, 3.63) is 15.1 Å². The van der Waals surface area contributed by atoms with Crippen LogP contribution in [0.15, 0.2) is 0 Å². The van der Waals surface area contributed by atoms with Gasteiger partial charge in [0.2, 0.25) is 0 Å². The predicted molar refractivity (Wildman–Crippen MR) is 81.2 cm³/mol. The molecule has 1 unspecified atom stereocenters. The number of nitrogens with one attached hydrogen (secondary N) is 1. The van der Waals surface area contributed by atoms with Crippen molar-refractivity contribution in [3.8, 4) is 0 Å². The lowest BCUT2D eigenvalue weighted by Crippen LogP contribution is -2.20. The molecule has 1 aromatic heterocycles. The standard InChI is InChI=1S/C13H20IN3O/c1-8(2)11-10(14)13(15-3)17-12(16-11)9-5-4-6-18-7-9/h8-9H,4-7H2,1-3H3,(H,15,16,17). The number of halogens is 1. The molecule has 1 aliphatic heterocycles. The third-order valence-electron chi connectivity index (χ3n) is 3.20. The summed E-state index contributed by atoms with van der Waals surface area (Å²) in [7, 11) is 1.91. The summed E-state index contributed by atoms with van der Waals surface area (Å²) in [5, 5.41) is 3.17. The lowest BCUT2D eigenvalue weighted by atomic mass is 10.0. The Morgan fingerprint density at radius 2 is 2.17 bits per heavy atom. The van der Waals surface area contributed by atoms with Gasteiger partial charge in [0.1, 0.15) is 11.6 Å². The number of nitrogens with zero attached hydrogens (tertiary/aromatic N) is 2. The normalized spacial score (nSPS) is 20.2. The summed E-state index contributed by atoms with van der Waals surface area (Å²) >= 11 is 2.32. The zero-order valence-electron chi connectivity index (χ0n) is 11.2. The van der Waals surface area contributed by atoms with Crippen LogP contribution in [0, 0.1) is 3.57 Å². The number of rotatable bonds is 3. The Morgan fingerprint density at radius 1 is 1.39 bits per heavy atom. The Labute approximate surface area is 122 Å². The van der Waals surface area contributed by atoms with Crippen molar-refractivity contribution in [3.63, 3.8) is 0 Å². The summed E-state index contributed by atoms with van der Waals surface area (Å²) in [6, 6.07) is 0. The van der Waals surface area contributed by atoms with Crippen molar-refractivity contribution in [1.82, 2.24) is 9.97 Å². The molecule has 0 amide bonds. The van der Waals surface area contributed by atoms with Crippen LogP contribution in [0.25, 0.3) is 0 Å². The summed E-state index contributed by atoms with van der Waals surface area (Å²) in [5.41, 5.74) is 1.13. The van der Waals surface area contributed by atoms with Gasteiger partial charge in [-0.1, -0.05) is 13.8 Å². The molecule has 1 aromatic rings. The minimum atomic E-state index is 0.348. The van der Waals surface area contributed by atoms with Gasteiger partial charge < -0.3 is 10.1 Å². The summed E-state index contributed by atoms with van der Waals surface area (Å²) in [4.78, 5) is 9.41. The third-order valence-corrected chi connectivity index (χ3v) is 4.27. The van der Waals surface area contributed by atoms with Gasteiger partial charge >= 0.3 is 0 Å². The first-order valence-electron chi connectivity index (χ1n) is 6.46. The van der Waals surface area contributed by atoms with E-state index in [-0.39, 0.29) is 0 Å². The SMILES string of the molecule is CNc1nc(C2CCCOC2)nc(C(C)C)c1I. The summed E-state index contributed by atoms with van der Waals surface area (Å²) in [6.45, 7) is 5.97. The van der Waals surface area contributed by atoms with Crippen LogP contribution in [0.3, 0.4) is 0 Å². The molecule has 2 rings (SSSR count). The molecule has 0 aromatic carbocycles. The van der Waals surface area contributed by atoms with Crippen LogP contribution < -0.4 is 5.32 Å². The quantitative estimate of drug-likeness (QED) is 0.841. The maximum Gasteiger partial charge on any atom is 0.143 e. The van der Waals surface area contributed by atoms with Gasteiger partial charge in [-0.3, -0.25) is 0 Å². The second-order valence-electron chi connectivity index (χ2n) is 4.95. The zero-order valence-corrected chi connectivity index (χ0v) is 13.3. The molecular weight excluding hydrogens is 341 g/mol. The van der Waals surface area contributed by atoms with Gasteiger partial charge in [0, 0.05) is 19.6 Å². The molecule has 5 heteroatoms. The third kappa shape index (κ3) is 2.93. The van der Waals surface area contributed by atoms with Gasteiger partial charge in [-0.15, -0.1) is 0 Å². The molecule has 100 valence electrons. The highest BCUT2D eigenvalue weighted by atomic mass is 127. The highest BCUT2D eigenvalue weighted by Gasteiger charge is 2.22. The predicted octanol–water partition coefficient (Wildman–Crippen LogP) is 3.14. The first kappa shape index (κ1) is 14.0. The fraction of sp³-hybridized carbons (Fsp3) is 0.692. The Kier molecular flexibility index (Phi) is 4.77. The molecule has 0 saturated carbocycles.